The molecule has 1 aromatic carbocycles. The van der Waals surface area contributed by atoms with Gasteiger partial charge in [0.25, 0.3) is 0 Å². The molecule has 1 saturated heterocycles. The van der Waals surface area contributed by atoms with E-state index in [1.807, 2.05) is 38.6 Å². The zero-order valence-corrected chi connectivity index (χ0v) is 17.9. The summed E-state index contributed by atoms with van der Waals surface area (Å²) in [4.78, 5) is 20.7. The Hall–Kier alpha value is -2.02. The van der Waals surface area contributed by atoms with Crippen molar-refractivity contribution in [1.29, 1.82) is 0 Å². The summed E-state index contributed by atoms with van der Waals surface area (Å²) in [6.45, 7) is 7.49. The van der Waals surface area contributed by atoms with Gasteiger partial charge in [-0.25, -0.2) is 9.78 Å². The minimum Gasteiger partial charge on any atom is -0.444 e. The molecule has 0 bridgehead atoms. The number of halogens is 1. The number of anilines is 1. The third-order valence-electron chi connectivity index (χ3n) is 4.69. The molecule has 7 heteroatoms. The minimum atomic E-state index is -0.474. The normalized spacial score (nSPS) is 17.7. The lowest BCUT2D eigenvalue weighted by Gasteiger charge is -2.39. The van der Waals surface area contributed by atoms with Crippen molar-refractivity contribution in [3.8, 4) is 5.69 Å². The lowest BCUT2D eigenvalue weighted by molar-refractivity contribution is 0.0210. The molecule has 6 nitrogen and oxygen atoms in total. The van der Waals surface area contributed by atoms with E-state index in [4.69, 9.17) is 4.74 Å². The average molecular weight is 435 g/mol. The topological polar surface area (TPSA) is 50.6 Å². The highest BCUT2D eigenvalue weighted by Crippen LogP contribution is 2.24. The number of imidazole rings is 1. The second-order valence-electron chi connectivity index (χ2n) is 7.95. The van der Waals surface area contributed by atoms with Crippen molar-refractivity contribution in [3.63, 3.8) is 0 Å². The van der Waals surface area contributed by atoms with Crippen LogP contribution < -0.4 is 4.90 Å². The summed E-state index contributed by atoms with van der Waals surface area (Å²) in [5, 5.41) is 0. The molecule has 27 heavy (non-hydrogen) atoms. The molecule has 1 aliphatic rings. The first-order valence-corrected chi connectivity index (χ1v) is 10.0. The first-order chi connectivity index (χ1) is 12.7. The number of benzene rings is 1. The molecule has 3 rings (SSSR count). The number of aromatic nitrogens is 2. The Balaban J connectivity index is 1.66. The van der Waals surface area contributed by atoms with Gasteiger partial charge in [-0.15, -0.1) is 0 Å². The molecule has 0 N–H and O–H groups in total. The predicted octanol–water partition coefficient (Wildman–Crippen LogP) is 4.47. The van der Waals surface area contributed by atoms with E-state index in [1.54, 1.807) is 11.2 Å². The van der Waals surface area contributed by atoms with Crippen LogP contribution >= 0.6 is 15.9 Å². The monoisotopic (exact) mass is 434 g/mol. The lowest BCUT2D eigenvalue weighted by atomic mass is 10.0. The van der Waals surface area contributed by atoms with Crippen molar-refractivity contribution < 1.29 is 9.53 Å². The molecule has 0 saturated carbocycles. The number of ether oxygens (including phenoxy) is 1. The van der Waals surface area contributed by atoms with E-state index < -0.39 is 5.60 Å². The van der Waals surface area contributed by atoms with E-state index in [0.717, 1.165) is 36.2 Å². The van der Waals surface area contributed by atoms with Gasteiger partial charge in [-0.2, -0.15) is 0 Å². The zero-order valence-electron chi connectivity index (χ0n) is 16.4. The SMILES string of the molecule is CN(C(=O)OC(C)(C)C)C1CCCN(c2ccc(-n3cnc(Br)c3)cc2)C1. The molecule has 1 fully saturated rings. The van der Waals surface area contributed by atoms with Gasteiger partial charge in [0.15, 0.2) is 0 Å². The number of nitrogens with zero attached hydrogens (tertiary/aromatic N) is 4. The molecular weight excluding hydrogens is 408 g/mol. The molecule has 0 spiro atoms. The van der Waals surface area contributed by atoms with Crippen LogP contribution in [-0.4, -0.2) is 52.3 Å². The van der Waals surface area contributed by atoms with Gasteiger partial charge in [-0.05, 0) is 73.8 Å². The van der Waals surface area contributed by atoms with Gasteiger partial charge in [0.2, 0.25) is 0 Å². The number of piperidine rings is 1. The molecule has 1 aromatic heterocycles. The summed E-state index contributed by atoms with van der Waals surface area (Å²) in [5.41, 5.74) is 1.76. The van der Waals surface area contributed by atoms with Crippen LogP contribution in [0.2, 0.25) is 0 Å². The predicted molar refractivity (Wildman–Crippen MR) is 110 cm³/mol. The lowest BCUT2D eigenvalue weighted by Crippen LogP contribution is -2.49. The third-order valence-corrected chi connectivity index (χ3v) is 5.10. The van der Waals surface area contributed by atoms with E-state index in [0.29, 0.717) is 0 Å². The molecule has 2 heterocycles. The van der Waals surface area contributed by atoms with E-state index in [2.05, 4.69) is 50.1 Å². The van der Waals surface area contributed by atoms with Crippen molar-refractivity contribution in [2.45, 2.75) is 45.3 Å². The molecule has 0 radical (unpaired) electrons. The molecule has 1 amide bonds. The quantitative estimate of drug-likeness (QED) is 0.714. The van der Waals surface area contributed by atoms with E-state index >= 15 is 0 Å². The van der Waals surface area contributed by atoms with Gasteiger partial charge in [0.1, 0.15) is 16.5 Å². The fourth-order valence-electron chi connectivity index (χ4n) is 3.26. The molecule has 1 unspecified atom stereocenters. The number of hydrogen-bond donors (Lipinski definition) is 0. The largest absolute Gasteiger partial charge is 0.444 e. The van der Waals surface area contributed by atoms with Gasteiger partial charge < -0.3 is 19.1 Å². The summed E-state index contributed by atoms with van der Waals surface area (Å²) >= 11 is 3.37. The van der Waals surface area contributed by atoms with Crippen LogP contribution in [0.3, 0.4) is 0 Å². The Morgan fingerprint density at radius 2 is 1.93 bits per heavy atom. The van der Waals surface area contributed by atoms with Gasteiger partial charge in [0, 0.05) is 37.7 Å². The fraction of sp³-hybridized carbons (Fsp3) is 0.500. The smallest absolute Gasteiger partial charge is 0.410 e. The Labute approximate surface area is 169 Å². The number of amides is 1. The first-order valence-electron chi connectivity index (χ1n) is 9.23. The number of likely N-dealkylation sites (N-methyl/N-ethyl adjacent to an activating group) is 1. The number of carbonyl (C=O) groups is 1. The van der Waals surface area contributed by atoms with E-state index in [-0.39, 0.29) is 12.1 Å². The third kappa shape index (κ3) is 5.03. The Kier molecular flexibility index (Phi) is 5.79. The van der Waals surface area contributed by atoms with Crippen LogP contribution in [-0.2, 0) is 4.74 Å². The molecular formula is C20H27BrN4O2. The summed E-state index contributed by atoms with van der Waals surface area (Å²) < 4.78 is 8.31. The highest BCUT2D eigenvalue weighted by molar-refractivity contribution is 9.10. The Morgan fingerprint density at radius 1 is 1.26 bits per heavy atom. The van der Waals surface area contributed by atoms with E-state index in [1.165, 1.54) is 5.69 Å². The maximum Gasteiger partial charge on any atom is 0.410 e. The average Bonchev–Trinajstić information content (AvgIpc) is 3.06. The fourth-order valence-corrected chi connectivity index (χ4v) is 3.58. The van der Waals surface area contributed by atoms with Gasteiger partial charge in [-0.1, -0.05) is 0 Å². The second kappa shape index (κ2) is 7.92. The van der Waals surface area contributed by atoms with Crippen molar-refractivity contribution in [1.82, 2.24) is 14.5 Å². The van der Waals surface area contributed by atoms with Crippen molar-refractivity contribution in [2.24, 2.45) is 0 Å². The summed E-state index contributed by atoms with van der Waals surface area (Å²) in [5.74, 6) is 0. The maximum absolute atomic E-state index is 12.4. The maximum atomic E-state index is 12.4. The Bertz CT molecular complexity index is 782. The van der Waals surface area contributed by atoms with Crippen LogP contribution in [0.25, 0.3) is 5.69 Å². The van der Waals surface area contributed by atoms with E-state index in [9.17, 15) is 4.79 Å². The number of rotatable bonds is 3. The molecule has 0 aliphatic carbocycles. The van der Waals surface area contributed by atoms with Crippen LogP contribution in [0.4, 0.5) is 10.5 Å². The second-order valence-corrected chi connectivity index (χ2v) is 8.77. The standard InChI is InChI=1S/C20H27BrN4O2/c1-20(2,3)27-19(26)23(4)17-6-5-11-24(12-17)15-7-9-16(10-8-15)25-13-18(21)22-14-25/h7-10,13-14,17H,5-6,11-12H2,1-4H3. The first kappa shape index (κ1) is 19.7. The zero-order chi connectivity index (χ0) is 19.6. The van der Waals surface area contributed by atoms with Crippen LogP contribution in [0.15, 0.2) is 41.4 Å². The van der Waals surface area contributed by atoms with Gasteiger partial charge >= 0.3 is 6.09 Å². The summed E-state index contributed by atoms with van der Waals surface area (Å²) in [6.07, 6.45) is 5.50. The van der Waals surface area contributed by atoms with Crippen LogP contribution in [0.1, 0.15) is 33.6 Å². The van der Waals surface area contributed by atoms with Gasteiger partial charge in [-0.3, -0.25) is 0 Å². The highest BCUT2D eigenvalue weighted by atomic mass is 79.9. The molecule has 2 aromatic rings. The summed E-state index contributed by atoms with van der Waals surface area (Å²) in [7, 11) is 1.84. The highest BCUT2D eigenvalue weighted by Gasteiger charge is 2.29. The van der Waals surface area contributed by atoms with Crippen LogP contribution in [0.5, 0.6) is 0 Å². The van der Waals surface area contributed by atoms with Crippen LogP contribution in [0, 0.1) is 0 Å². The van der Waals surface area contributed by atoms with Crippen molar-refractivity contribution in [3.05, 3.63) is 41.4 Å². The van der Waals surface area contributed by atoms with Crippen molar-refractivity contribution >= 4 is 27.7 Å². The molecule has 1 aliphatic heterocycles. The summed E-state index contributed by atoms with van der Waals surface area (Å²) in [6, 6.07) is 8.57. The molecule has 146 valence electrons. The Morgan fingerprint density at radius 3 is 2.52 bits per heavy atom. The van der Waals surface area contributed by atoms with Gasteiger partial charge in [0.05, 0.1) is 6.04 Å². The van der Waals surface area contributed by atoms with Crippen molar-refractivity contribution in [2.75, 3.05) is 25.0 Å². The number of carbonyl (C=O) groups excluding carboxylic acids is 1. The number of hydrogen-bond acceptors (Lipinski definition) is 4. The molecule has 1 atom stereocenters. The minimum absolute atomic E-state index is 0.151.